The Hall–Kier alpha value is -2.16. The summed E-state index contributed by atoms with van der Waals surface area (Å²) >= 11 is 0. The Bertz CT molecular complexity index is 541. The molecule has 3 heteroatoms. The molecule has 0 aliphatic heterocycles. The van der Waals surface area contributed by atoms with Crippen molar-refractivity contribution in [2.45, 2.75) is 19.8 Å². The minimum Gasteiger partial charge on any atom is -0.461 e. The lowest BCUT2D eigenvalue weighted by Gasteiger charge is -2.11. The van der Waals surface area contributed by atoms with Gasteiger partial charge >= 0.3 is 0 Å². The van der Waals surface area contributed by atoms with Gasteiger partial charge in [0, 0.05) is 0 Å². The molecule has 0 fully saturated rings. The first-order valence-electron chi connectivity index (χ1n) is 6.30. The van der Waals surface area contributed by atoms with Crippen LogP contribution < -0.4 is 0 Å². The quantitative estimate of drug-likeness (QED) is 0.588. The summed E-state index contributed by atoms with van der Waals surface area (Å²) in [5, 5.41) is 0. The molecule has 0 bridgehead atoms. The van der Waals surface area contributed by atoms with E-state index in [1.807, 2.05) is 30.3 Å². The summed E-state index contributed by atoms with van der Waals surface area (Å²) in [6.45, 7) is 1.45. The van der Waals surface area contributed by atoms with E-state index in [1.54, 1.807) is 12.1 Å². The van der Waals surface area contributed by atoms with E-state index >= 15 is 0 Å². The van der Waals surface area contributed by atoms with Crippen LogP contribution in [0, 0.1) is 5.92 Å². The van der Waals surface area contributed by atoms with E-state index in [0.29, 0.717) is 12.8 Å². The molecule has 1 aromatic heterocycles. The van der Waals surface area contributed by atoms with Crippen molar-refractivity contribution < 1.29 is 14.0 Å². The van der Waals surface area contributed by atoms with Gasteiger partial charge in [-0.05, 0) is 37.5 Å². The topological polar surface area (TPSA) is 47.3 Å². The van der Waals surface area contributed by atoms with Crippen molar-refractivity contribution in [2.75, 3.05) is 0 Å². The molecule has 0 N–H and O–H groups in total. The molecular weight excluding hydrogens is 240 g/mol. The van der Waals surface area contributed by atoms with Crippen LogP contribution in [-0.4, -0.2) is 11.6 Å². The maximum absolute atomic E-state index is 12.2. The summed E-state index contributed by atoms with van der Waals surface area (Å²) in [5.41, 5.74) is 1.13. The summed E-state index contributed by atoms with van der Waals surface area (Å²) < 4.78 is 5.08. The second kappa shape index (κ2) is 6.14. The van der Waals surface area contributed by atoms with Crippen molar-refractivity contribution in [3.63, 3.8) is 0 Å². The van der Waals surface area contributed by atoms with E-state index in [0.717, 1.165) is 5.56 Å². The molecule has 0 aliphatic rings. The zero-order valence-electron chi connectivity index (χ0n) is 10.8. The standard InChI is InChI=1S/C16H16O3/c1-12(17)14(16(18)15-8-5-11-19-15)10-9-13-6-3-2-4-7-13/h2-8,11,14H,9-10H2,1H3. The van der Waals surface area contributed by atoms with Gasteiger partial charge in [-0.3, -0.25) is 9.59 Å². The van der Waals surface area contributed by atoms with Crippen molar-refractivity contribution in [2.24, 2.45) is 5.92 Å². The average molecular weight is 256 g/mol. The minimum absolute atomic E-state index is 0.114. The SMILES string of the molecule is CC(=O)C(CCc1ccccc1)C(=O)c1ccco1. The Kier molecular flexibility index (Phi) is 4.29. The van der Waals surface area contributed by atoms with Gasteiger partial charge in [-0.2, -0.15) is 0 Å². The highest BCUT2D eigenvalue weighted by atomic mass is 16.3. The molecule has 19 heavy (non-hydrogen) atoms. The van der Waals surface area contributed by atoms with Gasteiger partial charge in [0.1, 0.15) is 5.78 Å². The lowest BCUT2D eigenvalue weighted by Crippen LogP contribution is -2.22. The summed E-state index contributed by atoms with van der Waals surface area (Å²) in [5.74, 6) is -0.703. The molecule has 1 unspecified atom stereocenters. The van der Waals surface area contributed by atoms with E-state index in [1.165, 1.54) is 13.2 Å². The monoisotopic (exact) mass is 256 g/mol. The molecule has 0 spiro atoms. The molecule has 0 amide bonds. The van der Waals surface area contributed by atoms with E-state index in [2.05, 4.69) is 0 Å². The van der Waals surface area contributed by atoms with E-state index in [4.69, 9.17) is 4.42 Å². The van der Waals surface area contributed by atoms with Crippen molar-refractivity contribution >= 4 is 11.6 Å². The fourth-order valence-electron chi connectivity index (χ4n) is 2.07. The number of furan rings is 1. The van der Waals surface area contributed by atoms with Crippen molar-refractivity contribution in [3.8, 4) is 0 Å². The molecule has 0 radical (unpaired) electrons. The highest BCUT2D eigenvalue weighted by Gasteiger charge is 2.26. The number of hydrogen-bond donors (Lipinski definition) is 0. The molecule has 2 aromatic rings. The maximum Gasteiger partial charge on any atom is 0.208 e. The largest absolute Gasteiger partial charge is 0.461 e. The molecule has 0 saturated heterocycles. The van der Waals surface area contributed by atoms with Crippen LogP contribution in [0.5, 0.6) is 0 Å². The maximum atomic E-state index is 12.2. The number of carbonyl (C=O) groups is 2. The van der Waals surface area contributed by atoms with Gasteiger partial charge in [-0.1, -0.05) is 30.3 Å². The predicted molar refractivity (Wildman–Crippen MR) is 72.0 cm³/mol. The van der Waals surface area contributed by atoms with Crippen LogP contribution in [0.1, 0.15) is 29.5 Å². The highest BCUT2D eigenvalue weighted by molar-refractivity contribution is 6.08. The Morgan fingerprint density at radius 2 is 1.84 bits per heavy atom. The summed E-state index contributed by atoms with van der Waals surface area (Å²) in [4.78, 5) is 23.8. The van der Waals surface area contributed by atoms with Gasteiger partial charge < -0.3 is 4.42 Å². The molecule has 1 heterocycles. The van der Waals surface area contributed by atoms with Crippen molar-refractivity contribution in [3.05, 3.63) is 60.1 Å². The van der Waals surface area contributed by atoms with Gasteiger partial charge in [-0.25, -0.2) is 0 Å². The number of carbonyl (C=O) groups excluding carboxylic acids is 2. The van der Waals surface area contributed by atoms with Gasteiger partial charge in [0.2, 0.25) is 5.78 Å². The molecule has 0 aliphatic carbocycles. The minimum atomic E-state index is -0.619. The average Bonchev–Trinajstić information content (AvgIpc) is 2.93. The Morgan fingerprint density at radius 1 is 1.11 bits per heavy atom. The third-order valence-corrected chi connectivity index (χ3v) is 3.14. The third-order valence-electron chi connectivity index (χ3n) is 3.14. The Balaban J connectivity index is 2.05. The third kappa shape index (κ3) is 3.41. The van der Waals surface area contributed by atoms with Crippen LogP contribution in [0.3, 0.4) is 0 Å². The Morgan fingerprint density at radius 3 is 2.42 bits per heavy atom. The van der Waals surface area contributed by atoms with Crippen LogP contribution in [0.15, 0.2) is 53.1 Å². The number of benzene rings is 1. The van der Waals surface area contributed by atoms with E-state index in [9.17, 15) is 9.59 Å². The first-order valence-corrected chi connectivity index (χ1v) is 6.30. The smallest absolute Gasteiger partial charge is 0.208 e. The number of rotatable bonds is 6. The molecule has 3 nitrogen and oxygen atoms in total. The molecule has 1 aromatic carbocycles. The van der Waals surface area contributed by atoms with Crippen LogP contribution >= 0.6 is 0 Å². The molecular formula is C16H16O3. The first-order chi connectivity index (χ1) is 9.18. The summed E-state index contributed by atoms with van der Waals surface area (Å²) in [6, 6.07) is 13.1. The lowest BCUT2D eigenvalue weighted by molar-refractivity contribution is -0.119. The van der Waals surface area contributed by atoms with Gasteiger partial charge in [-0.15, -0.1) is 0 Å². The van der Waals surface area contributed by atoms with Crippen molar-refractivity contribution in [1.29, 1.82) is 0 Å². The zero-order valence-corrected chi connectivity index (χ0v) is 10.8. The Labute approximate surface area is 112 Å². The second-order valence-corrected chi connectivity index (χ2v) is 4.53. The molecule has 98 valence electrons. The number of aryl methyl sites for hydroxylation is 1. The normalized spacial score (nSPS) is 12.1. The van der Waals surface area contributed by atoms with Crippen LogP contribution in [0.25, 0.3) is 0 Å². The zero-order chi connectivity index (χ0) is 13.7. The fraction of sp³-hybridized carbons (Fsp3) is 0.250. The summed E-state index contributed by atoms with van der Waals surface area (Å²) in [7, 11) is 0. The van der Waals surface area contributed by atoms with Crippen LogP contribution in [0.4, 0.5) is 0 Å². The van der Waals surface area contributed by atoms with Crippen molar-refractivity contribution in [1.82, 2.24) is 0 Å². The van der Waals surface area contributed by atoms with Gasteiger partial charge in [0.25, 0.3) is 0 Å². The first kappa shape index (κ1) is 13.3. The molecule has 2 rings (SSSR count). The van der Waals surface area contributed by atoms with Gasteiger partial charge in [0.15, 0.2) is 5.76 Å². The number of ketones is 2. The number of Topliss-reactive ketones (excluding diaryl/α,β-unsaturated/α-hetero) is 2. The molecule has 1 atom stereocenters. The summed E-state index contributed by atoms with van der Waals surface area (Å²) in [6.07, 6.45) is 2.66. The van der Waals surface area contributed by atoms with E-state index < -0.39 is 5.92 Å². The predicted octanol–water partition coefficient (Wildman–Crippen LogP) is 3.30. The van der Waals surface area contributed by atoms with E-state index in [-0.39, 0.29) is 17.3 Å². The van der Waals surface area contributed by atoms with Gasteiger partial charge in [0.05, 0.1) is 12.2 Å². The fourth-order valence-corrected chi connectivity index (χ4v) is 2.07. The lowest BCUT2D eigenvalue weighted by atomic mass is 9.91. The second-order valence-electron chi connectivity index (χ2n) is 4.53. The highest BCUT2D eigenvalue weighted by Crippen LogP contribution is 2.17. The van der Waals surface area contributed by atoms with Crippen LogP contribution in [-0.2, 0) is 11.2 Å². The van der Waals surface area contributed by atoms with Crippen LogP contribution in [0.2, 0.25) is 0 Å². The molecule has 0 saturated carbocycles. The number of hydrogen-bond acceptors (Lipinski definition) is 3.